The molecule has 0 saturated carbocycles. The molecule has 1 aromatic rings. The maximum atomic E-state index is 11.4. The highest BCUT2D eigenvalue weighted by molar-refractivity contribution is 9.10. The first kappa shape index (κ1) is 9.40. The van der Waals surface area contributed by atoms with Gasteiger partial charge >= 0.3 is 0 Å². The number of carbonyl (C=O) groups excluding carboxylic acids is 1. The van der Waals surface area contributed by atoms with Crippen LogP contribution in [-0.4, -0.2) is 12.5 Å². The van der Waals surface area contributed by atoms with Crippen LogP contribution in [0.25, 0.3) is 0 Å². The molecule has 1 atom stereocenters. The topological polar surface area (TPSA) is 29.1 Å². The SMILES string of the molecule is O=C1CC2(CCc3c(Br)cccc32)CN1. The van der Waals surface area contributed by atoms with Gasteiger partial charge < -0.3 is 5.32 Å². The zero-order valence-corrected chi connectivity index (χ0v) is 9.93. The molecule has 0 radical (unpaired) electrons. The Hall–Kier alpha value is -0.830. The Morgan fingerprint density at radius 2 is 2.27 bits per heavy atom. The lowest BCUT2D eigenvalue weighted by molar-refractivity contribution is -0.119. The van der Waals surface area contributed by atoms with Crippen LogP contribution in [0, 0.1) is 0 Å². The third-order valence-corrected chi connectivity index (χ3v) is 4.41. The van der Waals surface area contributed by atoms with Gasteiger partial charge in [0, 0.05) is 22.9 Å². The summed E-state index contributed by atoms with van der Waals surface area (Å²) in [5.41, 5.74) is 2.86. The zero-order valence-electron chi connectivity index (χ0n) is 8.35. The van der Waals surface area contributed by atoms with Crippen molar-refractivity contribution in [2.75, 3.05) is 6.54 Å². The minimum absolute atomic E-state index is 0.0934. The van der Waals surface area contributed by atoms with E-state index in [-0.39, 0.29) is 11.3 Å². The van der Waals surface area contributed by atoms with Gasteiger partial charge in [-0.2, -0.15) is 0 Å². The van der Waals surface area contributed by atoms with Gasteiger partial charge in [0.15, 0.2) is 0 Å². The van der Waals surface area contributed by atoms with Crippen LogP contribution in [0.4, 0.5) is 0 Å². The fourth-order valence-corrected chi connectivity index (χ4v) is 3.44. The molecule has 3 heteroatoms. The summed E-state index contributed by atoms with van der Waals surface area (Å²) in [6.45, 7) is 0.815. The molecule has 1 N–H and O–H groups in total. The van der Waals surface area contributed by atoms with Crippen LogP contribution in [0.5, 0.6) is 0 Å². The quantitative estimate of drug-likeness (QED) is 0.766. The van der Waals surface area contributed by atoms with E-state index in [9.17, 15) is 4.79 Å². The summed E-state index contributed by atoms with van der Waals surface area (Å²) in [7, 11) is 0. The minimum Gasteiger partial charge on any atom is -0.355 e. The van der Waals surface area contributed by atoms with Crippen LogP contribution in [-0.2, 0) is 16.6 Å². The van der Waals surface area contributed by atoms with E-state index in [2.05, 4.69) is 39.4 Å². The van der Waals surface area contributed by atoms with Crippen LogP contribution >= 0.6 is 15.9 Å². The van der Waals surface area contributed by atoms with E-state index >= 15 is 0 Å². The molecule has 1 fully saturated rings. The lowest BCUT2D eigenvalue weighted by atomic mass is 9.81. The highest BCUT2D eigenvalue weighted by atomic mass is 79.9. The maximum absolute atomic E-state index is 11.4. The maximum Gasteiger partial charge on any atom is 0.220 e. The van der Waals surface area contributed by atoms with Crippen molar-refractivity contribution in [1.29, 1.82) is 0 Å². The first-order chi connectivity index (χ1) is 7.21. The van der Waals surface area contributed by atoms with E-state index in [1.165, 1.54) is 15.6 Å². The predicted octanol–water partition coefficient (Wildman–Crippen LogP) is 2.15. The second kappa shape index (κ2) is 3.08. The van der Waals surface area contributed by atoms with E-state index in [0.717, 1.165) is 19.4 Å². The Labute approximate surface area is 97.2 Å². The molecule has 1 spiro atoms. The molecule has 0 aromatic heterocycles. The summed E-state index contributed by atoms with van der Waals surface area (Å²) < 4.78 is 1.19. The molecule has 1 heterocycles. The van der Waals surface area contributed by atoms with Gasteiger partial charge in [-0.25, -0.2) is 0 Å². The smallest absolute Gasteiger partial charge is 0.220 e. The molecule has 0 bridgehead atoms. The van der Waals surface area contributed by atoms with Crippen LogP contribution in [0.3, 0.4) is 0 Å². The van der Waals surface area contributed by atoms with E-state index < -0.39 is 0 Å². The van der Waals surface area contributed by atoms with Gasteiger partial charge in [-0.3, -0.25) is 4.79 Å². The number of fused-ring (bicyclic) bond motifs is 2. The Kier molecular flexibility index (Phi) is 1.93. The standard InChI is InChI=1S/C12H12BrNO/c13-10-3-1-2-9-8(10)4-5-12(9)6-11(15)14-7-12/h1-3H,4-7H2,(H,14,15). The summed E-state index contributed by atoms with van der Waals surface area (Å²) in [4.78, 5) is 11.4. The lowest BCUT2D eigenvalue weighted by Crippen LogP contribution is -2.25. The normalized spacial score (nSPS) is 28.2. The summed E-state index contributed by atoms with van der Waals surface area (Å²) >= 11 is 3.59. The first-order valence-electron chi connectivity index (χ1n) is 5.26. The molecule has 1 amide bonds. The Bertz CT molecular complexity index is 443. The number of nitrogens with one attached hydrogen (secondary N) is 1. The molecule has 1 aliphatic carbocycles. The van der Waals surface area contributed by atoms with Crippen molar-refractivity contribution in [3.05, 3.63) is 33.8 Å². The van der Waals surface area contributed by atoms with Gasteiger partial charge in [0.1, 0.15) is 0 Å². The molecule has 1 aliphatic heterocycles. The monoisotopic (exact) mass is 265 g/mol. The highest BCUT2D eigenvalue weighted by Gasteiger charge is 2.44. The van der Waals surface area contributed by atoms with Crippen molar-refractivity contribution in [3.8, 4) is 0 Å². The number of rotatable bonds is 0. The number of hydrogen-bond donors (Lipinski definition) is 1. The Morgan fingerprint density at radius 3 is 3.00 bits per heavy atom. The molecule has 2 aliphatic rings. The fraction of sp³-hybridized carbons (Fsp3) is 0.417. The molecule has 1 unspecified atom stereocenters. The molecule has 3 rings (SSSR count). The second-order valence-electron chi connectivity index (χ2n) is 4.50. The van der Waals surface area contributed by atoms with Gasteiger partial charge in [-0.05, 0) is 30.0 Å². The van der Waals surface area contributed by atoms with E-state index in [1.807, 2.05) is 0 Å². The van der Waals surface area contributed by atoms with E-state index in [1.54, 1.807) is 0 Å². The van der Waals surface area contributed by atoms with Crippen molar-refractivity contribution in [2.45, 2.75) is 24.7 Å². The van der Waals surface area contributed by atoms with Gasteiger partial charge in [0.25, 0.3) is 0 Å². The van der Waals surface area contributed by atoms with Gasteiger partial charge in [0.05, 0.1) is 0 Å². The molecule has 15 heavy (non-hydrogen) atoms. The van der Waals surface area contributed by atoms with Crippen LogP contribution in [0.15, 0.2) is 22.7 Å². The van der Waals surface area contributed by atoms with Crippen molar-refractivity contribution in [3.63, 3.8) is 0 Å². The number of carbonyl (C=O) groups is 1. The molecular formula is C12H12BrNO. The molecular weight excluding hydrogens is 254 g/mol. The minimum atomic E-state index is 0.0934. The first-order valence-corrected chi connectivity index (χ1v) is 6.05. The number of benzene rings is 1. The number of hydrogen-bond acceptors (Lipinski definition) is 1. The summed E-state index contributed by atoms with van der Waals surface area (Å²) in [6, 6.07) is 6.33. The Balaban J connectivity index is 2.12. The number of halogens is 1. The number of amides is 1. The van der Waals surface area contributed by atoms with Crippen LogP contribution < -0.4 is 5.32 Å². The third kappa shape index (κ3) is 1.26. The highest BCUT2D eigenvalue weighted by Crippen LogP contribution is 2.45. The lowest BCUT2D eigenvalue weighted by Gasteiger charge is -2.21. The average Bonchev–Trinajstić information content (AvgIpc) is 2.75. The largest absolute Gasteiger partial charge is 0.355 e. The van der Waals surface area contributed by atoms with Crippen molar-refractivity contribution < 1.29 is 4.79 Å². The molecule has 1 aromatic carbocycles. The predicted molar refractivity (Wildman–Crippen MR) is 61.8 cm³/mol. The fourth-order valence-electron chi connectivity index (χ4n) is 2.88. The second-order valence-corrected chi connectivity index (χ2v) is 5.35. The zero-order chi connectivity index (χ0) is 10.5. The molecule has 1 saturated heterocycles. The summed E-state index contributed by atoms with van der Waals surface area (Å²) in [6.07, 6.45) is 2.85. The average molecular weight is 266 g/mol. The van der Waals surface area contributed by atoms with E-state index in [4.69, 9.17) is 0 Å². The molecule has 78 valence electrons. The van der Waals surface area contributed by atoms with Gasteiger partial charge in [0.2, 0.25) is 5.91 Å². The van der Waals surface area contributed by atoms with Gasteiger partial charge in [-0.15, -0.1) is 0 Å². The van der Waals surface area contributed by atoms with Gasteiger partial charge in [-0.1, -0.05) is 28.1 Å². The summed E-state index contributed by atoms with van der Waals surface area (Å²) in [5, 5.41) is 2.96. The van der Waals surface area contributed by atoms with E-state index in [0.29, 0.717) is 6.42 Å². The van der Waals surface area contributed by atoms with Crippen molar-refractivity contribution in [2.24, 2.45) is 0 Å². The molecule has 2 nitrogen and oxygen atoms in total. The van der Waals surface area contributed by atoms with Crippen LogP contribution in [0.2, 0.25) is 0 Å². The van der Waals surface area contributed by atoms with Crippen molar-refractivity contribution >= 4 is 21.8 Å². The van der Waals surface area contributed by atoms with Crippen LogP contribution in [0.1, 0.15) is 24.0 Å². The Morgan fingerprint density at radius 1 is 1.40 bits per heavy atom. The van der Waals surface area contributed by atoms with Crippen molar-refractivity contribution in [1.82, 2.24) is 5.32 Å². The third-order valence-electron chi connectivity index (χ3n) is 3.67. The summed E-state index contributed by atoms with van der Waals surface area (Å²) in [5.74, 6) is 0.197.